The van der Waals surface area contributed by atoms with E-state index in [-0.39, 0.29) is 29.5 Å². The van der Waals surface area contributed by atoms with Crippen LogP contribution in [0.15, 0.2) is 35.9 Å². The second-order valence-electron chi connectivity index (χ2n) is 9.40. The normalized spacial score (nSPS) is 22.2. The highest BCUT2D eigenvalue weighted by Crippen LogP contribution is 2.44. The lowest BCUT2D eigenvalue weighted by atomic mass is 9.80. The highest BCUT2D eigenvalue weighted by atomic mass is 35.5. The number of nitrogens with zero attached hydrogens (tertiary/aromatic N) is 2. The molecule has 3 aliphatic rings. The molecule has 1 atom stereocenters. The summed E-state index contributed by atoms with van der Waals surface area (Å²) in [4.78, 5) is 41.6. The molecule has 0 radical (unpaired) electrons. The predicted octanol–water partition coefficient (Wildman–Crippen LogP) is 4.46. The number of amides is 4. The van der Waals surface area contributed by atoms with Crippen LogP contribution in [0.4, 0.5) is 16.2 Å². The number of hydrogen-bond acceptors (Lipinski definition) is 6. The summed E-state index contributed by atoms with van der Waals surface area (Å²) in [7, 11) is 2.03. The molecule has 3 aliphatic heterocycles. The number of halogens is 1. The van der Waals surface area contributed by atoms with Crippen LogP contribution in [-0.4, -0.2) is 37.2 Å². The van der Waals surface area contributed by atoms with Gasteiger partial charge in [-0.15, -0.1) is 0 Å². The van der Waals surface area contributed by atoms with Gasteiger partial charge in [-0.05, 0) is 67.7 Å². The van der Waals surface area contributed by atoms with Crippen molar-refractivity contribution in [1.29, 1.82) is 0 Å². The van der Waals surface area contributed by atoms with Gasteiger partial charge in [0.1, 0.15) is 5.57 Å². The van der Waals surface area contributed by atoms with E-state index in [1.54, 1.807) is 12.1 Å². The highest BCUT2D eigenvalue weighted by molar-refractivity contribution is 6.40. The van der Waals surface area contributed by atoms with E-state index in [9.17, 15) is 14.4 Å². The number of fused-ring (bicyclic) bond motifs is 2. The topological polar surface area (TPSA) is 88.2 Å². The van der Waals surface area contributed by atoms with Crippen molar-refractivity contribution >= 4 is 46.9 Å². The van der Waals surface area contributed by atoms with Gasteiger partial charge < -0.3 is 14.4 Å². The number of rotatable bonds is 2. The summed E-state index contributed by atoms with van der Waals surface area (Å²) in [6.07, 6.45) is 2.39. The molecule has 1 saturated heterocycles. The second kappa shape index (κ2) is 7.77. The van der Waals surface area contributed by atoms with Crippen LogP contribution >= 0.6 is 11.6 Å². The first-order valence-electron chi connectivity index (χ1n) is 11.0. The lowest BCUT2D eigenvalue weighted by molar-refractivity contribution is -0.122. The van der Waals surface area contributed by atoms with Gasteiger partial charge in [-0.25, -0.2) is 9.69 Å². The molecule has 0 aliphatic carbocycles. The van der Waals surface area contributed by atoms with Gasteiger partial charge in [0.2, 0.25) is 6.79 Å². The van der Waals surface area contributed by atoms with Crippen LogP contribution in [0.1, 0.15) is 44.2 Å². The molecule has 4 amide bonds. The minimum atomic E-state index is -0.833. The molecule has 2 aromatic rings. The van der Waals surface area contributed by atoms with E-state index in [4.69, 9.17) is 21.1 Å². The van der Waals surface area contributed by atoms with Crippen LogP contribution < -0.4 is 24.6 Å². The number of hydrogen-bond donors (Lipinski definition) is 1. The second-order valence-corrected chi connectivity index (χ2v) is 9.81. The molecule has 176 valence electrons. The van der Waals surface area contributed by atoms with Crippen LogP contribution in [0.25, 0.3) is 6.08 Å². The zero-order chi connectivity index (χ0) is 24.4. The van der Waals surface area contributed by atoms with E-state index in [1.165, 1.54) is 12.1 Å². The Labute approximate surface area is 202 Å². The molecular weight excluding hydrogens is 458 g/mol. The Morgan fingerprint density at radius 3 is 2.62 bits per heavy atom. The third kappa shape index (κ3) is 3.49. The Morgan fingerprint density at radius 1 is 1.12 bits per heavy atom. The number of anilines is 2. The molecule has 0 bridgehead atoms. The molecule has 0 spiro atoms. The fourth-order valence-electron chi connectivity index (χ4n) is 4.79. The number of imide groups is 2. The Bertz CT molecular complexity index is 1290. The fourth-order valence-corrected chi connectivity index (χ4v) is 5.00. The van der Waals surface area contributed by atoms with E-state index in [0.717, 1.165) is 22.6 Å². The van der Waals surface area contributed by atoms with Crippen molar-refractivity contribution in [3.8, 4) is 11.5 Å². The Balaban J connectivity index is 1.54. The monoisotopic (exact) mass is 481 g/mol. The van der Waals surface area contributed by atoms with Gasteiger partial charge in [-0.3, -0.25) is 14.9 Å². The summed E-state index contributed by atoms with van der Waals surface area (Å²) < 4.78 is 10.6. The Hall–Kier alpha value is -3.52. The minimum absolute atomic E-state index is 0.0274. The van der Waals surface area contributed by atoms with Crippen LogP contribution in [0.2, 0.25) is 5.02 Å². The summed E-state index contributed by atoms with van der Waals surface area (Å²) >= 11 is 6.60. The van der Waals surface area contributed by atoms with Crippen molar-refractivity contribution in [2.75, 3.05) is 23.6 Å². The standard InChI is InChI=1S/C25H24ClN3O5/c1-13-11-25(2,3)28(4)19-10-18(26)14(7-16(13)19)8-17-22(30)27-24(32)29(23(17)31)15-5-6-20-21(9-15)34-12-33-20/h5-10,13H,11-12H2,1-4H3,(H,27,30,32)/b17-8+/t13-/m1/s1. The summed E-state index contributed by atoms with van der Waals surface area (Å²) in [6.45, 7) is 6.58. The van der Waals surface area contributed by atoms with Crippen molar-refractivity contribution < 1.29 is 23.9 Å². The van der Waals surface area contributed by atoms with Crippen LogP contribution in [0, 0.1) is 0 Å². The fraction of sp³-hybridized carbons (Fsp3) is 0.320. The molecule has 0 aromatic heterocycles. The van der Waals surface area contributed by atoms with Gasteiger partial charge in [-0.2, -0.15) is 0 Å². The first-order chi connectivity index (χ1) is 16.1. The predicted molar refractivity (Wildman–Crippen MR) is 129 cm³/mol. The SMILES string of the molecule is C[C@@H]1CC(C)(C)N(C)c2cc(Cl)c(/C=C3\C(=O)NC(=O)N(c4ccc5c(c4)OCO5)C3=O)cc21. The Kier molecular flexibility index (Phi) is 5.09. The Morgan fingerprint density at radius 2 is 1.85 bits per heavy atom. The molecule has 5 rings (SSSR count). The van der Waals surface area contributed by atoms with E-state index < -0.39 is 17.8 Å². The first kappa shape index (κ1) is 22.3. The lowest BCUT2D eigenvalue weighted by Gasteiger charge is -2.45. The summed E-state index contributed by atoms with van der Waals surface area (Å²) in [6, 6.07) is 7.65. The van der Waals surface area contributed by atoms with Gasteiger partial charge >= 0.3 is 6.03 Å². The molecule has 0 saturated carbocycles. The molecule has 9 heteroatoms. The summed E-state index contributed by atoms with van der Waals surface area (Å²) in [5, 5.41) is 2.65. The lowest BCUT2D eigenvalue weighted by Crippen LogP contribution is -2.54. The van der Waals surface area contributed by atoms with E-state index in [2.05, 4.69) is 31.0 Å². The largest absolute Gasteiger partial charge is 0.454 e. The van der Waals surface area contributed by atoms with Crippen molar-refractivity contribution in [1.82, 2.24) is 5.32 Å². The number of carbonyl (C=O) groups excluding carboxylic acids is 3. The van der Waals surface area contributed by atoms with Crippen LogP contribution in [0.5, 0.6) is 11.5 Å². The maximum absolute atomic E-state index is 13.3. The van der Waals surface area contributed by atoms with Crippen LogP contribution in [0.3, 0.4) is 0 Å². The van der Waals surface area contributed by atoms with E-state index in [0.29, 0.717) is 22.1 Å². The third-order valence-corrected chi connectivity index (χ3v) is 7.10. The number of barbiturate groups is 1. The van der Waals surface area contributed by atoms with Gasteiger partial charge in [0.05, 0.1) is 5.69 Å². The van der Waals surface area contributed by atoms with E-state index in [1.807, 2.05) is 19.2 Å². The third-order valence-electron chi connectivity index (χ3n) is 6.77. The van der Waals surface area contributed by atoms with Gasteiger partial charge in [0.15, 0.2) is 11.5 Å². The number of benzene rings is 2. The molecule has 0 unspecified atom stereocenters. The summed E-state index contributed by atoms with van der Waals surface area (Å²) in [5.41, 5.74) is 2.70. The average molecular weight is 482 g/mol. The maximum Gasteiger partial charge on any atom is 0.335 e. The summed E-state index contributed by atoms with van der Waals surface area (Å²) in [5.74, 6) is -0.319. The molecule has 34 heavy (non-hydrogen) atoms. The molecule has 2 aromatic carbocycles. The van der Waals surface area contributed by atoms with E-state index >= 15 is 0 Å². The average Bonchev–Trinajstić information content (AvgIpc) is 3.23. The molecule has 1 N–H and O–H groups in total. The van der Waals surface area contributed by atoms with Gasteiger partial charge in [0.25, 0.3) is 11.8 Å². The number of urea groups is 1. The number of nitrogens with one attached hydrogen (secondary N) is 1. The molecule has 3 heterocycles. The smallest absolute Gasteiger partial charge is 0.335 e. The molecule has 8 nitrogen and oxygen atoms in total. The molecular formula is C25H24ClN3O5. The first-order valence-corrected chi connectivity index (χ1v) is 11.3. The van der Waals surface area contributed by atoms with Crippen molar-refractivity contribution in [2.24, 2.45) is 0 Å². The van der Waals surface area contributed by atoms with Gasteiger partial charge in [0, 0.05) is 29.4 Å². The van der Waals surface area contributed by atoms with Crippen molar-refractivity contribution in [3.63, 3.8) is 0 Å². The van der Waals surface area contributed by atoms with Crippen molar-refractivity contribution in [2.45, 2.75) is 38.6 Å². The number of ether oxygens (including phenoxy) is 2. The zero-order valence-electron chi connectivity index (χ0n) is 19.3. The van der Waals surface area contributed by atoms with Crippen LogP contribution in [-0.2, 0) is 9.59 Å². The minimum Gasteiger partial charge on any atom is -0.454 e. The van der Waals surface area contributed by atoms with Crippen molar-refractivity contribution in [3.05, 3.63) is 52.1 Å². The zero-order valence-corrected chi connectivity index (χ0v) is 20.0. The molecule has 1 fully saturated rings. The maximum atomic E-state index is 13.3. The highest BCUT2D eigenvalue weighted by Gasteiger charge is 2.38. The quantitative estimate of drug-likeness (QED) is 0.503. The number of carbonyl (C=O) groups is 3. The van der Waals surface area contributed by atoms with Gasteiger partial charge in [-0.1, -0.05) is 18.5 Å².